The van der Waals surface area contributed by atoms with E-state index in [1.54, 1.807) is 13.2 Å². The van der Waals surface area contributed by atoms with Gasteiger partial charge in [0.05, 0.1) is 7.11 Å². The van der Waals surface area contributed by atoms with Crippen molar-refractivity contribution in [3.05, 3.63) is 64.2 Å². The lowest BCUT2D eigenvalue weighted by atomic mass is 10.00. The molecule has 0 radical (unpaired) electrons. The van der Waals surface area contributed by atoms with Crippen LogP contribution in [0.2, 0.25) is 5.02 Å². The van der Waals surface area contributed by atoms with Crippen LogP contribution >= 0.6 is 11.6 Å². The second-order valence-corrected chi connectivity index (χ2v) is 4.56. The SMILES string of the molecule is COc1cc(C(O)c2ccccc2Cl)ccc1C. The number of methoxy groups -OCH3 is 1. The van der Waals surface area contributed by atoms with Crippen molar-refractivity contribution in [2.75, 3.05) is 7.11 Å². The number of ether oxygens (including phenoxy) is 1. The van der Waals surface area contributed by atoms with Crippen LogP contribution in [0.5, 0.6) is 5.75 Å². The Morgan fingerprint density at radius 2 is 1.89 bits per heavy atom. The summed E-state index contributed by atoms with van der Waals surface area (Å²) in [5.41, 5.74) is 2.50. The second kappa shape index (κ2) is 5.42. The molecular weight excluding hydrogens is 248 g/mol. The van der Waals surface area contributed by atoms with Crippen molar-refractivity contribution in [2.45, 2.75) is 13.0 Å². The van der Waals surface area contributed by atoms with E-state index < -0.39 is 6.10 Å². The molecule has 2 nitrogen and oxygen atoms in total. The molecule has 0 aliphatic heterocycles. The van der Waals surface area contributed by atoms with Gasteiger partial charge in [-0.05, 0) is 30.2 Å². The molecule has 2 aromatic carbocycles. The standard InChI is InChI=1S/C15H15ClO2/c1-10-7-8-11(9-14(10)18-2)15(17)12-5-3-4-6-13(12)16/h3-9,15,17H,1-2H3. The summed E-state index contributed by atoms with van der Waals surface area (Å²) in [6.07, 6.45) is -0.742. The minimum absolute atomic E-state index is 0.560. The molecule has 0 aliphatic carbocycles. The van der Waals surface area contributed by atoms with Crippen molar-refractivity contribution < 1.29 is 9.84 Å². The fourth-order valence-corrected chi connectivity index (χ4v) is 2.12. The van der Waals surface area contributed by atoms with Gasteiger partial charge in [-0.2, -0.15) is 0 Å². The Bertz CT molecular complexity index is 552. The Kier molecular flexibility index (Phi) is 3.90. The Balaban J connectivity index is 2.40. The topological polar surface area (TPSA) is 29.5 Å². The number of halogens is 1. The Labute approximate surface area is 112 Å². The Morgan fingerprint density at radius 3 is 2.56 bits per heavy atom. The van der Waals surface area contributed by atoms with Gasteiger partial charge < -0.3 is 9.84 Å². The molecule has 2 aromatic rings. The largest absolute Gasteiger partial charge is 0.496 e. The number of aryl methyl sites for hydroxylation is 1. The zero-order chi connectivity index (χ0) is 13.1. The van der Waals surface area contributed by atoms with E-state index in [9.17, 15) is 5.11 Å². The average molecular weight is 263 g/mol. The van der Waals surface area contributed by atoms with Crippen LogP contribution in [-0.2, 0) is 0 Å². The quantitative estimate of drug-likeness (QED) is 0.913. The van der Waals surface area contributed by atoms with Gasteiger partial charge in [0, 0.05) is 10.6 Å². The molecule has 1 N–H and O–H groups in total. The van der Waals surface area contributed by atoms with E-state index in [2.05, 4.69) is 0 Å². The van der Waals surface area contributed by atoms with Crippen molar-refractivity contribution in [2.24, 2.45) is 0 Å². The van der Waals surface area contributed by atoms with Crippen LogP contribution in [0.4, 0.5) is 0 Å². The molecule has 0 heterocycles. The van der Waals surface area contributed by atoms with E-state index in [4.69, 9.17) is 16.3 Å². The minimum atomic E-state index is -0.742. The second-order valence-electron chi connectivity index (χ2n) is 4.15. The first-order chi connectivity index (χ1) is 8.63. The van der Waals surface area contributed by atoms with Gasteiger partial charge in [-0.15, -0.1) is 0 Å². The van der Waals surface area contributed by atoms with E-state index in [-0.39, 0.29) is 0 Å². The maximum absolute atomic E-state index is 10.3. The molecule has 1 atom stereocenters. The summed E-state index contributed by atoms with van der Waals surface area (Å²) in [5.74, 6) is 0.763. The number of aliphatic hydroxyl groups is 1. The molecule has 0 saturated carbocycles. The zero-order valence-electron chi connectivity index (χ0n) is 10.4. The molecule has 0 spiro atoms. The van der Waals surface area contributed by atoms with Gasteiger partial charge in [0.15, 0.2) is 0 Å². The number of rotatable bonds is 3. The van der Waals surface area contributed by atoms with Gasteiger partial charge in [0.2, 0.25) is 0 Å². The Hall–Kier alpha value is -1.51. The van der Waals surface area contributed by atoms with Crippen LogP contribution in [0.25, 0.3) is 0 Å². The van der Waals surface area contributed by atoms with Gasteiger partial charge in [0.25, 0.3) is 0 Å². The molecule has 0 fully saturated rings. The minimum Gasteiger partial charge on any atom is -0.496 e. The predicted molar refractivity (Wildman–Crippen MR) is 73.2 cm³/mol. The monoisotopic (exact) mass is 262 g/mol. The van der Waals surface area contributed by atoms with Crippen LogP contribution in [-0.4, -0.2) is 12.2 Å². The number of hydrogen-bond donors (Lipinski definition) is 1. The smallest absolute Gasteiger partial charge is 0.122 e. The number of hydrogen-bond acceptors (Lipinski definition) is 2. The average Bonchev–Trinajstić information content (AvgIpc) is 2.39. The van der Waals surface area contributed by atoms with Crippen LogP contribution in [0.3, 0.4) is 0 Å². The van der Waals surface area contributed by atoms with Gasteiger partial charge in [0.1, 0.15) is 11.9 Å². The highest BCUT2D eigenvalue weighted by Crippen LogP contribution is 2.30. The molecule has 0 bridgehead atoms. The highest BCUT2D eigenvalue weighted by Gasteiger charge is 2.14. The highest BCUT2D eigenvalue weighted by atomic mass is 35.5. The maximum atomic E-state index is 10.3. The third-order valence-corrected chi connectivity index (χ3v) is 3.29. The fourth-order valence-electron chi connectivity index (χ4n) is 1.88. The molecule has 0 aromatic heterocycles. The molecule has 0 saturated heterocycles. The van der Waals surface area contributed by atoms with Crippen molar-refractivity contribution in [3.63, 3.8) is 0 Å². The summed E-state index contributed by atoms with van der Waals surface area (Å²) in [7, 11) is 1.62. The van der Waals surface area contributed by atoms with Crippen molar-refractivity contribution in [1.82, 2.24) is 0 Å². The lowest BCUT2D eigenvalue weighted by molar-refractivity contribution is 0.220. The summed E-state index contributed by atoms with van der Waals surface area (Å²) in [5, 5.41) is 10.9. The summed E-state index contributed by atoms with van der Waals surface area (Å²) >= 11 is 6.08. The highest BCUT2D eigenvalue weighted by molar-refractivity contribution is 6.31. The molecule has 1 unspecified atom stereocenters. The molecule has 2 rings (SSSR count). The lowest BCUT2D eigenvalue weighted by Crippen LogP contribution is -2.01. The van der Waals surface area contributed by atoms with Crippen LogP contribution in [0.15, 0.2) is 42.5 Å². The van der Waals surface area contributed by atoms with Gasteiger partial charge in [-0.1, -0.05) is 41.9 Å². The molecular formula is C15H15ClO2. The Morgan fingerprint density at radius 1 is 1.17 bits per heavy atom. The lowest BCUT2D eigenvalue weighted by Gasteiger charge is -2.15. The summed E-state index contributed by atoms with van der Waals surface area (Å²) in [6.45, 7) is 1.96. The van der Waals surface area contributed by atoms with Crippen molar-refractivity contribution in [3.8, 4) is 5.75 Å². The fraction of sp³-hybridized carbons (Fsp3) is 0.200. The van der Waals surface area contributed by atoms with Gasteiger partial charge >= 0.3 is 0 Å². The van der Waals surface area contributed by atoms with Crippen LogP contribution in [0, 0.1) is 6.92 Å². The van der Waals surface area contributed by atoms with E-state index in [0.717, 1.165) is 16.9 Å². The molecule has 18 heavy (non-hydrogen) atoms. The van der Waals surface area contributed by atoms with E-state index in [0.29, 0.717) is 10.6 Å². The first-order valence-corrected chi connectivity index (χ1v) is 6.08. The summed E-state index contributed by atoms with van der Waals surface area (Å²) < 4.78 is 5.26. The van der Waals surface area contributed by atoms with Crippen molar-refractivity contribution in [1.29, 1.82) is 0 Å². The van der Waals surface area contributed by atoms with E-state index in [1.165, 1.54) is 0 Å². The normalized spacial score (nSPS) is 12.2. The van der Waals surface area contributed by atoms with Gasteiger partial charge in [-0.3, -0.25) is 0 Å². The summed E-state index contributed by atoms with van der Waals surface area (Å²) in [6, 6.07) is 12.9. The molecule has 94 valence electrons. The van der Waals surface area contributed by atoms with Gasteiger partial charge in [-0.25, -0.2) is 0 Å². The molecule has 0 amide bonds. The first-order valence-electron chi connectivity index (χ1n) is 5.70. The number of benzene rings is 2. The van der Waals surface area contributed by atoms with E-state index in [1.807, 2.05) is 43.3 Å². The van der Waals surface area contributed by atoms with Crippen molar-refractivity contribution >= 4 is 11.6 Å². The maximum Gasteiger partial charge on any atom is 0.122 e. The first kappa shape index (κ1) is 12.9. The predicted octanol–water partition coefficient (Wildman–Crippen LogP) is 3.74. The molecule has 3 heteroatoms. The van der Waals surface area contributed by atoms with Crippen LogP contribution < -0.4 is 4.74 Å². The third kappa shape index (κ3) is 2.50. The third-order valence-electron chi connectivity index (χ3n) is 2.95. The zero-order valence-corrected chi connectivity index (χ0v) is 11.1. The number of aliphatic hydroxyl groups excluding tert-OH is 1. The van der Waals surface area contributed by atoms with E-state index >= 15 is 0 Å². The summed E-state index contributed by atoms with van der Waals surface area (Å²) in [4.78, 5) is 0. The molecule has 0 aliphatic rings. The van der Waals surface area contributed by atoms with Crippen LogP contribution in [0.1, 0.15) is 22.8 Å².